The van der Waals surface area contributed by atoms with E-state index in [1.165, 1.54) is 0 Å². The van der Waals surface area contributed by atoms with Gasteiger partial charge in [-0.05, 0) is 50.1 Å². The van der Waals surface area contributed by atoms with Gasteiger partial charge in [-0.25, -0.2) is 0 Å². The molecule has 0 bridgehead atoms. The molecule has 0 spiro atoms. The summed E-state index contributed by atoms with van der Waals surface area (Å²) in [5.74, 6) is 0. The number of benzene rings is 1. The Bertz CT molecular complexity index is 202. The number of halogens is 3. The van der Waals surface area contributed by atoms with Crippen molar-refractivity contribution in [3.63, 3.8) is 0 Å². The van der Waals surface area contributed by atoms with Crippen LogP contribution in [0.2, 0.25) is 5.02 Å². The van der Waals surface area contributed by atoms with Crippen LogP contribution in [-0.4, -0.2) is 0 Å². The summed E-state index contributed by atoms with van der Waals surface area (Å²) in [5, 5.41) is 0.671. The van der Waals surface area contributed by atoms with Gasteiger partial charge < -0.3 is 0 Å². The minimum Gasteiger partial charge on any atom is -0.0830 e. The first-order valence-electron chi connectivity index (χ1n) is 2.22. The molecule has 3 heteroatoms. The molecule has 0 unspecified atom stereocenters. The molecule has 0 N–H and O–H groups in total. The van der Waals surface area contributed by atoms with Gasteiger partial charge >= 0.3 is 0 Å². The smallest absolute Gasteiger partial charge is 0.0565 e. The SMILES string of the molecule is Clc1c[c]cc(Br)c1Br. The largest absolute Gasteiger partial charge is 0.0830 e. The van der Waals surface area contributed by atoms with E-state index in [-0.39, 0.29) is 0 Å². The highest BCUT2D eigenvalue weighted by Crippen LogP contribution is 2.29. The van der Waals surface area contributed by atoms with Gasteiger partial charge in [0.1, 0.15) is 0 Å². The lowest BCUT2D eigenvalue weighted by atomic mass is 10.4. The van der Waals surface area contributed by atoms with Crippen molar-refractivity contribution < 1.29 is 0 Å². The average molecular weight is 269 g/mol. The Morgan fingerprint density at radius 3 is 2.44 bits per heavy atom. The molecule has 0 saturated heterocycles. The summed E-state index contributed by atoms with van der Waals surface area (Å²) in [5.41, 5.74) is 0. The maximum atomic E-state index is 5.71. The first-order valence-corrected chi connectivity index (χ1v) is 4.19. The molecule has 0 heterocycles. The van der Waals surface area contributed by atoms with E-state index in [0.717, 1.165) is 8.95 Å². The maximum Gasteiger partial charge on any atom is 0.0565 e. The quantitative estimate of drug-likeness (QED) is 0.630. The van der Waals surface area contributed by atoms with Crippen molar-refractivity contribution in [3.8, 4) is 0 Å². The third-order valence-electron chi connectivity index (χ3n) is 0.839. The van der Waals surface area contributed by atoms with Gasteiger partial charge in [0, 0.05) is 4.47 Å². The van der Waals surface area contributed by atoms with Crippen molar-refractivity contribution >= 4 is 43.5 Å². The fourth-order valence-electron chi connectivity index (χ4n) is 0.429. The molecule has 0 atom stereocenters. The van der Waals surface area contributed by atoms with Gasteiger partial charge in [-0.15, -0.1) is 0 Å². The topological polar surface area (TPSA) is 0 Å². The first kappa shape index (κ1) is 7.58. The van der Waals surface area contributed by atoms with Gasteiger partial charge in [0.15, 0.2) is 0 Å². The van der Waals surface area contributed by atoms with Crippen molar-refractivity contribution in [1.29, 1.82) is 0 Å². The lowest BCUT2D eigenvalue weighted by Crippen LogP contribution is -1.69. The summed E-state index contributed by atoms with van der Waals surface area (Å²) in [7, 11) is 0. The van der Waals surface area contributed by atoms with Crippen LogP contribution in [0.5, 0.6) is 0 Å². The number of hydrogen-bond acceptors (Lipinski definition) is 0. The van der Waals surface area contributed by atoms with Gasteiger partial charge in [0.25, 0.3) is 0 Å². The van der Waals surface area contributed by atoms with E-state index in [4.69, 9.17) is 11.6 Å². The molecule has 0 aliphatic rings. The Hall–Kier alpha value is 0.470. The molecule has 47 valence electrons. The molecule has 0 aromatic heterocycles. The Morgan fingerprint density at radius 2 is 2.00 bits per heavy atom. The molecule has 0 aliphatic carbocycles. The molecule has 1 radical (unpaired) electrons. The first-order chi connectivity index (χ1) is 4.22. The third kappa shape index (κ3) is 1.69. The Morgan fingerprint density at radius 1 is 1.33 bits per heavy atom. The highest BCUT2D eigenvalue weighted by Gasteiger charge is 1.98. The summed E-state index contributed by atoms with van der Waals surface area (Å²) in [6.07, 6.45) is 0. The van der Waals surface area contributed by atoms with Crippen molar-refractivity contribution in [2.75, 3.05) is 0 Å². The van der Waals surface area contributed by atoms with Crippen molar-refractivity contribution in [3.05, 3.63) is 32.2 Å². The Labute approximate surface area is 75.5 Å². The van der Waals surface area contributed by atoms with Crippen LogP contribution in [0.3, 0.4) is 0 Å². The minimum atomic E-state index is 0.671. The van der Waals surface area contributed by atoms with Crippen LogP contribution in [0.4, 0.5) is 0 Å². The van der Waals surface area contributed by atoms with E-state index < -0.39 is 0 Å². The summed E-state index contributed by atoms with van der Waals surface area (Å²) >= 11 is 12.3. The molecule has 0 nitrogen and oxygen atoms in total. The van der Waals surface area contributed by atoms with E-state index in [1.54, 1.807) is 12.1 Å². The second-order valence-corrected chi connectivity index (χ2v) is 3.52. The third-order valence-corrected chi connectivity index (χ3v) is 3.38. The Kier molecular flexibility index (Phi) is 2.56. The van der Waals surface area contributed by atoms with Crippen LogP contribution < -0.4 is 0 Å². The molecule has 0 saturated carbocycles. The van der Waals surface area contributed by atoms with Crippen molar-refractivity contribution in [2.24, 2.45) is 0 Å². The van der Waals surface area contributed by atoms with Crippen molar-refractivity contribution in [2.45, 2.75) is 0 Å². The summed E-state index contributed by atoms with van der Waals surface area (Å²) < 4.78 is 1.80. The van der Waals surface area contributed by atoms with Gasteiger partial charge in [-0.2, -0.15) is 0 Å². The molecule has 1 aromatic rings. The van der Waals surface area contributed by atoms with Gasteiger partial charge in [0.05, 0.1) is 9.50 Å². The second kappa shape index (κ2) is 3.04. The average Bonchev–Trinajstić information content (AvgIpc) is 1.83. The van der Waals surface area contributed by atoms with Crippen LogP contribution in [0.1, 0.15) is 0 Å². The lowest BCUT2D eigenvalue weighted by Gasteiger charge is -1.94. The number of rotatable bonds is 0. The maximum absolute atomic E-state index is 5.71. The fraction of sp³-hybridized carbons (Fsp3) is 0. The molecule has 0 fully saturated rings. The van der Waals surface area contributed by atoms with Crippen LogP contribution in [0.15, 0.2) is 21.1 Å². The van der Waals surface area contributed by atoms with E-state index in [9.17, 15) is 0 Å². The normalized spacial score (nSPS) is 9.67. The zero-order valence-corrected chi connectivity index (χ0v) is 8.22. The highest BCUT2D eigenvalue weighted by molar-refractivity contribution is 9.13. The Balaban J connectivity index is 3.25. The van der Waals surface area contributed by atoms with Gasteiger partial charge in [-0.1, -0.05) is 11.6 Å². The monoisotopic (exact) mass is 267 g/mol. The van der Waals surface area contributed by atoms with E-state index >= 15 is 0 Å². The van der Waals surface area contributed by atoms with Crippen LogP contribution in [-0.2, 0) is 0 Å². The molecule has 1 aromatic carbocycles. The fourth-order valence-corrected chi connectivity index (χ4v) is 1.28. The predicted molar refractivity (Wildman–Crippen MR) is 45.7 cm³/mol. The van der Waals surface area contributed by atoms with Crippen LogP contribution >= 0.6 is 43.5 Å². The van der Waals surface area contributed by atoms with E-state index in [0.29, 0.717) is 5.02 Å². The zero-order valence-electron chi connectivity index (χ0n) is 4.29. The van der Waals surface area contributed by atoms with Crippen LogP contribution in [0, 0.1) is 6.07 Å². The molecule has 0 amide bonds. The molecule has 0 aliphatic heterocycles. The molecule has 9 heavy (non-hydrogen) atoms. The summed E-state index contributed by atoms with van der Waals surface area (Å²) in [4.78, 5) is 0. The predicted octanol–water partition coefficient (Wildman–Crippen LogP) is 3.67. The van der Waals surface area contributed by atoms with Gasteiger partial charge in [0.2, 0.25) is 0 Å². The summed E-state index contributed by atoms with van der Waals surface area (Å²) in [6.45, 7) is 0. The molecular formula is C6H2Br2Cl. The highest BCUT2D eigenvalue weighted by atomic mass is 79.9. The van der Waals surface area contributed by atoms with Gasteiger partial charge in [-0.3, -0.25) is 0 Å². The second-order valence-electron chi connectivity index (χ2n) is 1.47. The number of hydrogen-bond donors (Lipinski definition) is 0. The van der Waals surface area contributed by atoms with Crippen molar-refractivity contribution in [1.82, 2.24) is 0 Å². The standard InChI is InChI=1S/C6H2Br2Cl/c7-4-2-1-3-5(9)6(4)8/h2-3H. The minimum absolute atomic E-state index is 0.671. The molecule has 1 rings (SSSR count). The lowest BCUT2D eigenvalue weighted by molar-refractivity contribution is 1.58. The van der Waals surface area contributed by atoms with E-state index in [2.05, 4.69) is 37.9 Å². The van der Waals surface area contributed by atoms with Crippen LogP contribution in [0.25, 0.3) is 0 Å². The van der Waals surface area contributed by atoms with E-state index in [1.807, 2.05) is 0 Å². The zero-order chi connectivity index (χ0) is 6.85. The summed E-state index contributed by atoms with van der Waals surface area (Å²) in [6, 6.07) is 6.37. The molecular weight excluding hydrogens is 267 g/mol.